The number of aromatic nitrogens is 2. The molecule has 0 N–H and O–H groups in total. The van der Waals surface area contributed by atoms with E-state index in [9.17, 15) is 0 Å². The smallest absolute Gasteiger partial charge is 0.204 e. The Balaban J connectivity index is 2.08. The second-order valence-electron chi connectivity index (χ2n) is 4.27. The van der Waals surface area contributed by atoms with Crippen molar-refractivity contribution in [2.45, 2.75) is 6.54 Å². The zero-order chi connectivity index (χ0) is 13.2. The van der Waals surface area contributed by atoms with Crippen molar-refractivity contribution in [2.75, 3.05) is 7.11 Å². The van der Waals surface area contributed by atoms with Gasteiger partial charge >= 0.3 is 0 Å². The van der Waals surface area contributed by atoms with Gasteiger partial charge in [-0.25, -0.2) is 4.98 Å². The van der Waals surface area contributed by atoms with Crippen LogP contribution in [0, 0.1) is 0 Å². The van der Waals surface area contributed by atoms with E-state index in [0.29, 0.717) is 11.8 Å². The van der Waals surface area contributed by atoms with Crippen molar-refractivity contribution in [3.63, 3.8) is 0 Å². The number of imidazole rings is 1. The Kier molecular flexibility index (Phi) is 3.13. The molecule has 3 nitrogen and oxygen atoms in total. The average molecular weight is 273 g/mol. The molecule has 0 aliphatic rings. The molecule has 96 valence electrons. The Bertz CT molecular complexity index is 721. The minimum Gasteiger partial charge on any atom is -0.496 e. The number of methoxy groups -OCH3 is 1. The molecule has 0 spiro atoms. The molecule has 19 heavy (non-hydrogen) atoms. The summed E-state index contributed by atoms with van der Waals surface area (Å²) in [4.78, 5) is 4.35. The summed E-state index contributed by atoms with van der Waals surface area (Å²) in [5.74, 6) is 0.858. The first kappa shape index (κ1) is 12.1. The topological polar surface area (TPSA) is 27.1 Å². The Morgan fingerprint density at radius 1 is 1.11 bits per heavy atom. The molecule has 3 aromatic rings. The zero-order valence-corrected chi connectivity index (χ0v) is 11.3. The number of hydrogen-bond donors (Lipinski definition) is 0. The van der Waals surface area contributed by atoms with Crippen LogP contribution in [-0.2, 0) is 6.54 Å². The molecule has 0 radical (unpaired) electrons. The lowest BCUT2D eigenvalue weighted by molar-refractivity contribution is 0.408. The van der Waals surface area contributed by atoms with Gasteiger partial charge in [0, 0.05) is 5.56 Å². The van der Waals surface area contributed by atoms with Gasteiger partial charge in [0.2, 0.25) is 5.28 Å². The molecular weight excluding hydrogens is 260 g/mol. The van der Waals surface area contributed by atoms with Crippen LogP contribution in [0.15, 0.2) is 48.5 Å². The molecule has 1 heterocycles. The maximum Gasteiger partial charge on any atom is 0.204 e. The van der Waals surface area contributed by atoms with Crippen LogP contribution in [0.2, 0.25) is 5.28 Å². The van der Waals surface area contributed by atoms with Crippen LogP contribution < -0.4 is 4.74 Å². The van der Waals surface area contributed by atoms with Crippen LogP contribution in [0.5, 0.6) is 5.75 Å². The second kappa shape index (κ2) is 4.94. The number of nitrogens with zero attached hydrogens (tertiary/aromatic N) is 2. The molecule has 3 rings (SSSR count). The lowest BCUT2D eigenvalue weighted by atomic mass is 10.2. The number of hydrogen-bond acceptors (Lipinski definition) is 2. The SMILES string of the molecule is COc1ccccc1Cn1c(Cl)nc2ccccc21. The van der Waals surface area contributed by atoms with Gasteiger partial charge in [-0.2, -0.15) is 0 Å². The minimum atomic E-state index is 0.493. The van der Waals surface area contributed by atoms with E-state index < -0.39 is 0 Å². The van der Waals surface area contributed by atoms with Crippen molar-refractivity contribution in [1.29, 1.82) is 0 Å². The molecular formula is C15H13ClN2O. The van der Waals surface area contributed by atoms with Gasteiger partial charge in [0.15, 0.2) is 0 Å². The highest BCUT2D eigenvalue weighted by Crippen LogP contribution is 2.24. The van der Waals surface area contributed by atoms with E-state index in [4.69, 9.17) is 16.3 Å². The van der Waals surface area contributed by atoms with Gasteiger partial charge < -0.3 is 9.30 Å². The Morgan fingerprint density at radius 2 is 1.84 bits per heavy atom. The van der Waals surface area contributed by atoms with Crippen LogP contribution in [-0.4, -0.2) is 16.7 Å². The quantitative estimate of drug-likeness (QED) is 0.726. The number of halogens is 1. The highest BCUT2D eigenvalue weighted by atomic mass is 35.5. The summed E-state index contributed by atoms with van der Waals surface area (Å²) in [6, 6.07) is 15.8. The van der Waals surface area contributed by atoms with Crippen LogP contribution in [0.25, 0.3) is 11.0 Å². The first-order chi connectivity index (χ1) is 9.29. The monoisotopic (exact) mass is 272 g/mol. The van der Waals surface area contributed by atoms with Gasteiger partial charge in [-0.15, -0.1) is 0 Å². The van der Waals surface area contributed by atoms with E-state index >= 15 is 0 Å². The van der Waals surface area contributed by atoms with E-state index in [1.54, 1.807) is 7.11 Å². The summed E-state index contributed by atoms with van der Waals surface area (Å²) in [6.45, 7) is 0.642. The first-order valence-electron chi connectivity index (χ1n) is 6.02. The maximum absolute atomic E-state index is 6.22. The summed E-state index contributed by atoms with van der Waals surface area (Å²) < 4.78 is 7.35. The minimum absolute atomic E-state index is 0.493. The van der Waals surface area contributed by atoms with E-state index in [0.717, 1.165) is 22.3 Å². The lowest BCUT2D eigenvalue weighted by Crippen LogP contribution is -2.01. The van der Waals surface area contributed by atoms with Crippen molar-refractivity contribution >= 4 is 22.6 Å². The van der Waals surface area contributed by atoms with Crippen molar-refractivity contribution in [3.05, 3.63) is 59.4 Å². The number of fused-ring (bicyclic) bond motifs is 1. The number of rotatable bonds is 3. The third kappa shape index (κ3) is 2.17. The summed E-state index contributed by atoms with van der Waals surface area (Å²) in [6.07, 6.45) is 0. The predicted molar refractivity (Wildman–Crippen MR) is 76.8 cm³/mol. The summed E-state index contributed by atoms with van der Waals surface area (Å²) in [7, 11) is 1.67. The van der Waals surface area contributed by atoms with Crippen LogP contribution in [0.1, 0.15) is 5.56 Å². The zero-order valence-electron chi connectivity index (χ0n) is 10.5. The largest absolute Gasteiger partial charge is 0.496 e. The van der Waals surface area contributed by atoms with Gasteiger partial charge in [-0.1, -0.05) is 30.3 Å². The Hall–Kier alpha value is -2.00. The van der Waals surface area contributed by atoms with Crippen molar-refractivity contribution in [2.24, 2.45) is 0 Å². The third-order valence-corrected chi connectivity index (χ3v) is 3.42. The second-order valence-corrected chi connectivity index (χ2v) is 4.61. The highest BCUT2D eigenvalue weighted by molar-refractivity contribution is 6.29. The van der Waals surface area contributed by atoms with Crippen molar-refractivity contribution in [3.8, 4) is 5.75 Å². The van der Waals surface area contributed by atoms with E-state index in [-0.39, 0.29) is 0 Å². The molecule has 0 unspecified atom stereocenters. The fourth-order valence-corrected chi connectivity index (χ4v) is 2.44. The highest BCUT2D eigenvalue weighted by Gasteiger charge is 2.10. The predicted octanol–water partition coefficient (Wildman–Crippen LogP) is 3.75. The van der Waals surface area contributed by atoms with Gasteiger partial charge in [-0.3, -0.25) is 0 Å². The molecule has 4 heteroatoms. The summed E-state index contributed by atoms with van der Waals surface area (Å²) in [5.41, 5.74) is 3.01. The maximum atomic E-state index is 6.22. The summed E-state index contributed by atoms with van der Waals surface area (Å²) >= 11 is 6.22. The fraction of sp³-hybridized carbons (Fsp3) is 0.133. The lowest BCUT2D eigenvalue weighted by Gasteiger charge is -2.10. The molecule has 2 aromatic carbocycles. The third-order valence-electron chi connectivity index (χ3n) is 3.13. The molecule has 0 saturated carbocycles. The van der Waals surface area contributed by atoms with Crippen LogP contribution in [0.3, 0.4) is 0 Å². The van der Waals surface area contributed by atoms with Crippen molar-refractivity contribution in [1.82, 2.24) is 9.55 Å². The number of benzene rings is 2. The van der Waals surface area contributed by atoms with Gasteiger partial charge in [-0.05, 0) is 29.8 Å². The first-order valence-corrected chi connectivity index (χ1v) is 6.40. The molecule has 0 fully saturated rings. The Morgan fingerprint density at radius 3 is 2.68 bits per heavy atom. The van der Waals surface area contributed by atoms with Gasteiger partial charge in [0.1, 0.15) is 5.75 Å². The molecule has 0 amide bonds. The van der Waals surface area contributed by atoms with Gasteiger partial charge in [0.05, 0.1) is 24.7 Å². The molecule has 0 aliphatic heterocycles. The number of ether oxygens (including phenoxy) is 1. The summed E-state index contributed by atoms with van der Waals surface area (Å²) in [5, 5.41) is 0.493. The Labute approximate surface area is 116 Å². The van der Waals surface area contributed by atoms with Crippen molar-refractivity contribution < 1.29 is 4.74 Å². The van der Waals surface area contributed by atoms with E-state index in [1.807, 2.05) is 53.1 Å². The van der Waals surface area contributed by atoms with Gasteiger partial charge in [0.25, 0.3) is 0 Å². The number of para-hydroxylation sites is 3. The molecule has 1 aromatic heterocycles. The van der Waals surface area contributed by atoms with E-state index in [1.165, 1.54) is 0 Å². The molecule has 0 saturated heterocycles. The normalized spacial score (nSPS) is 10.8. The molecule has 0 aliphatic carbocycles. The fourth-order valence-electron chi connectivity index (χ4n) is 2.20. The van der Waals surface area contributed by atoms with Crippen LogP contribution in [0.4, 0.5) is 0 Å². The standard InChI is InChI=1S/C15H13ClN2O/c1-19-14-9-5-2-6-11(14)10-18-13-8-4-3-7-12(13)17-15(18)16/h2-9H,10H2,1H3. The molecule has 0 atom stereocenters. The van der Waals surface area contributed by atoms with E-state index in [2.05, 4.69) is 4.98 Å². The molecule has 0 bridgehead atoms. The average Bonchev–Trinajstić information content (AvgIpc) is 2.76. The van der Waals surface area contributed by atoms with Crippen LogP contribution >= 0.6 is 11.6 Å².